The Hall–Kier alpha value is -2.81. The fourth-order valence-corrected chi connectivity index (χ4v) is 4.71. The lowest BCUT2D eigenvalue weighted by molar-refractivity contribution is -0.114. The summed E-state index contributed by atoms with van der Waals surface area (Å²) < 4.78 is 46.4. The van der Waals surface area contributed by atoms with E-state index in [9.17, 15) is 17.6 Å². The van der Waals surface area contributed by atoms with E-state index >= 15 is 0 Å². The quantitative estimate of drug-likeness (QED) is 0.515. The largest absolute Gasteiger partial charge is 0.495 e. The van der Waals surface area contributed by atoms with E-state index in [2.05, 4.69) is 5.32 Å². The highest BCUT2D eigenvalue weighted by atomic mass is 35.5. The summed E-state index contributed by atoms with van der Waals surface area (Å²) in [6.45, 7) is -0.579. The zero-order chi connectivity index (χ0) is 22.6. The molecule has 31 heavy (non-hydrogen) atoms. The molecule has 0 unspecified atom stereocenters. The molecule has 0 aliphatic heterocycles. The van der Waals surface area contributed by atoms with Gasteiger partial charge in [0.15, 0.2) is 0 Å². The molecule has 3 rings (SSSR count). The van der Waals surface area contributed by atoms with Crippen LogP contribution in [-0.4, -0.2) is 28.0 Å². The molecule has 6 nitrogen and oxygen atoms in total. The molecule has 10 heteroatoms. The fourth-order valence-electron chi connectivity index (χ4n) is 2.79. The number of nitrogens with zero attached hydrogens (tertiary/aromatic N) is 1. The topological polar surface area (TPSA) is 75.7 Å². The van der Waals surface area contributed by atoms with Gasteiger partial charge in [-0.3, -0.25) is 9.10 Å². The van der Waals surface area contributed by atoms with Crippen LogP contribution in [0, 0.1) is 5.82 Å². The van der Waals surface area contributed by atoms with Crippen LogP contribution in [0.25, 0.3) is 0 Å². The van der Waals surface area contributed by atoms with Crippen LogP contribution in [0.2, 0.25) is 10.0 Å². The Morgan fingerprint density at radius 1 is 1.06 bits per heavy atom. The molecule has 0 saturated carbocycles. The Morgan fingerprint density at radius 2 is 1.81 bits per heavy atom. The van der Waals surface area contributed by atoms with Gasteiger partial charge >= 0.3 is 0 Å². The zero-order valence-electron chi connectivity index (χ0n) is 16.2. The number of hydrogen-bond donors (Lipinski definition) is 1. The van der Waals surface area contributed by atoms with Crippen molar-refractivity contribution in [3.8, 4) is 5.75 Å². The maximum absolute atomic E-state index is 13.4. The number of rotatable bonds is 7. The summed E-state index contributed by atoms with van der Waals surface area (Å²) in [4.78, 5) is 12.6. The molecule has 3 aromatic carbocycles. The van der Waals surface area contributed by atoms with Crippen LogP contribution < -0.4 is 14.4 Å². The highest BCUT2D eigenvalue weighted by Gasteiger charge is 2.29. The van der Waals surface area contributed by atoms with Crippen molar-refractivity contribution in [2.45, 2.75) is 4.90 Å². The van der Waals surface area contributed by atoms with Crippen LogP contribution in [0.5, 0.6) is 5.75 Å². The van der Waals surface area contributed by atoms with Gasteiger partial charge in [-0.2, -0.15) is 0 Å². The van der Waals surface area contributed by atoms with Gasteiger partial charge in [0.25, 0.3) is 10.0 Å². The number of benzene rings is 3. The SMILES string of the molecule is COc1ccccc1N(CC(=O)Nc1ccc(F)c(Cl)c1)S(=O)(=O)c1cccc(Cl)c1. The van der Waals surface area contributed by atoms with E-state index in [1.54, 1.807) is 24.3 Å². The lowest BCUT2D eigenvalue weighted by atomic mass is 10.3. The molecule has 0 atom stereocenters. The first-order valence-electron chi connectivity index (χ1n) is 8.88. The number of sulfonamides is 1. The Bertz CT molecular complexity index is 1220. The molecule has 3 aromatic rings. The second-order valence-corrected chi connectivity index (χ2v) is 9.02. The molecule has 0 aliphatic rings. The third-order valence-electron chi connectivity index (χ3n) is 4.23. The van der Waals surface area contributed by atoms with Crippen LogP contribution in [0.3, 0.4) is 0 Å². The lowest BCUT2D eigenvalue weighted by Crippen LogP contribution is -2.38. The van der Waals surface area contributed by atoms with Crippen molar-refractivity contribution in [2.24, 2.45) is 0 Å². The minimum absolute atomic E-state index is 0.0940. The van der Waals surface area contributed by atoms with Crippen molar-refractivity contribution in [1.82, 2.24) is 0 Å². The number of ether oxygens (including phenoxy) is 1. The second-order valence-electron chi connectivity index (χ2n) is 6.32. The van der Waals surface area contributed by atoms with Gasteiger partial charge in [0.2, 0.25) is 5.91 Å². The van der Waals surface area contributed by atoms with Gasteiger partial charge < -0.3 is 10.1 Å². The third kappa shape index (κ3) is 5.28. The van der Waals surface area contributed by atoms with Gasteiger partial charge in [-0.05, 0) is 48.5 Å². The first-order valence-corrected chi connectivity index (χ1v) is 11.1. The van der Waals surface area contributed by atoms with E-state index in [0.717, 1.165) is 10.4 Å². The van der Waals surface area contributed by atoms with Crippen molar-refractivity contribution in [3.05, 3.63) is 82.6 Å². The predicted molar refractivity (Wildman–Crippen MR) is 119 cm³/mol. The number of carbonyl (C=O) groups excluding carboxylic acids is 1. The summed E-state index contributed by atoms with van der Waals surface area (Å²) in [5.74, 6) is -1.05. The number of para-hydroxylation sites is 2. The van der Waals surface area contributed by atoms with Crippen molar-refractivity contribution in [2.75, 3.05) is 23.3 Å². The van der Waals surface area contributed by atoms with E-state index < -0.39 is 28.3 Å². The average Bonchev–Trinajstić information content (AvgIpc) is 2.74. The van der Waals surface area contributed by atoms with Crippen LogP contribution in [0.15, 0.2) is 71.6 Å². The highest BCUT2D eigenvalue weighted by molar-refractivity contribution is 7.92. The van der Waals surface area contributed by atoms with E-state index in [4.69, 9.17) is 27.9 Å². The first kappa shape index (κ1) is 22.9. The summed E-state index contributed by atoms with van der Waals surface area (Å²) in [7, 11) is -2.80. The summed E-state index contributed by atoms with van der Waals surface area (Å²) in [6, 6.07) is 15.7. The maximum Gasteiger partial charge on any atom is 0.264 e. The molecule has 0 radical (unpaired) electrons. The molecule has 0 bridgehead atoms. The number of hydrogen-bond acceptors (Lipinski definition) is 4. The van der Waals surface area contributed by atoms with Gasteiger partial charge in [0, 0.05) is 10.7 Å². The third-order valence-corrected chi connectivity index (χ3v) is 6.51. The van der Waals surface area contributed by atoms with Crippen LogP contribution in [-0.2, 0) is 14.8 Å². The smallest absolute Gasteiger partial charge is 0.264 e. The molecule has 0 fully saturated rings. The van der Waals surface area contributed by atoms with E-state index in [1.165, 1.54) is 43.5 Å². The van der Waals surface area contributed by atoms with Crippen molar-refractivity contribution < 1.29 is 22.3 Å². The van der Waals surface area contributed by atoms with Gasteiger partial charge in [-0.15, -0.1) is 0 Å². The second kappa shape index (κ2) is 9.55. The molecule has 0 aromatic heterocycles. The number of carbonyl (C=O) groups is 1. The Labute approximate surface area is 189 Å². The number of methoxy groups -OCH3 is 1. The normalized spacial score (nSPS) is 11.1. The molecule has 0 aliphatic carbocycles. The number of halogens is 3. The van der Waals surface area contributed by atoms with Crippen LogP contribution >= 0.6 is 23.2 Å². The highest BCUT2D eigenvalue weighted by Crippen LogP contribution is 2.32. The predicted octanol–water partition coefficient (Wildman–Crippen LogP) is 4.98. The maximum atomic E-state index is 13.4. The number of anilines is 2. The standard InChI is InChI=1S/C21H17Cl2FN2O4S/c1-30-20-8-3-2-7-19(20)26(31(28,29)16-6-4-5-14(22)11-16)13-21(27)25-15-9-10-18(24)17(23)12-15/h2-12H,13H2,1H3,(H,25,27). The van der Waals surface area contributed by atoms with Crippen molar-refractivity contribution in [3.63, 3.8) is 0 Å². The molecular weight excluding hydrogens is 466 g/mol. The minimum atomic E-state index is -4.19. The average molecular weight is 483 g/mol. The minimum Gasteiger partial charge on any atom is -0.495 e. The Kier molecular flexibility index (Phi) is 7.04. The summed E-state index contributed by atoms with van der Waals surface area (Å²) >= 11 is 11.7. The molecule has 162 valence electrons. The van der Waals surface area contributed by atoms with Crippen LogP contribution in [0.1, 0.15) is 0 Å². The number of nitrogens with one attached hydrogen (secondary N) is 1. The van der Waals surface area contributed by atoms with Gasteiger partial charge in [-0.1, -0.05) is 41.4 Å². The molecule has 0 saturated heterocycles. The summed E-state index contributed by atoms with van der Waals surface area (Å²) in [6.07, 6.45) is 0. The van der Waals surface area contributed by atoms with E-state index in [1.807, 2.05) is 0 Å². The van der Waals surface area contributed by atoms with Crippen LogP contribution in [0.4, 0.5) is 15.8 Å². The Morgan fingerprint density at radius 3 is 2.48 bits per heavy atom. The zero-order valence-corrected chi connectivity index (χ0v) is 18.5. The van der Waals surface area contributed by atoms with Gasteiger partial charge in [-0.25, -0.2) is 12.8 Å². The monoisotopic (exact) mass is 482 g/mol. The van der Waals surface area contributed by atoms with Crippen molar-refractivity contribution in [1.29, 1.82) is 0 Å². The lowest BCUT2D eigenvalue weighted by Gasteiger charge is -2.25. The first-order chi connectivity index (χ1) is 14.7. The molecule has 1 amide bonds. The Balaban J connectivity index is 2.00. The number of amides is 1. The molecule has 0 spiro atoms. The molecular formula is C21H17Cl2FN2O4S. The van der Waals surface area contributed by atoms with Gasteiger partial charge in [0.1, 0.15) is 18.1 Å². The van der Waals surface area contributed by atoms with E-state index in [-0.39, 0.29) is 32.1 Å². The van der Waals surface area contributed by atoms with Gasteiger partial charge in [0.05, 0.1) is 22.7 Å². The fraction of sp³-hybridized carbons (Fsp3) is 0.0952. The van der Waals surface area contributed by atoms with Crippen molar-refractivity contribution >= 4 is 50.5 Å². The summed E-state index contributed by atoms with van der Waals surface area (Å²) in [5.41, 5.74) is 0.383. The molecule has 0 heterocycles. The van der Waals surface area contributed by atoms with E-state index in [0.29, 0.717) is 0 Å². The molecule has 1 N–H and O–H groups in total. The summed E-state index contributed by atoms with van der Waals surface area (Å²) in [5, 5.41) is 2.57.